The first kappa shape index (κ1) is 16.0. The highest BCUT2D eigenvalue weighted by molar-refractivity contribution is 5.97. The summed E-state index contributed by atoms with van der Waals surface area (Å²) < 4.78 is 0. The molecule has 118 valence electrons. The monoisotopic (exact) mass is 304 g/mol. The predicted molar refractivity (Wildman–Crippen MR) is 81.8 cm³/mol. The van der Waals surface area contributed by atoms with Crippen molar-refractivity contribution in [2.24, 2.45) is 0 Å². The van der Waals surface area contributed by atoms with Gasteiger partial charge in [-0.1, -0.05) is 0 Å². The van der Waals surface area contributed by atoms with E-state index >= 15 is 0 Å². The van der Waals surface area contributed by atoms with Crippen LogP contribution < -0.4 is 10.2 Å². The molecule has 1 unspecified atom stereocenters. The molecule has 0 aliphatic carbocycles. The van der Waals surface area contributed by atoms with Gasteiger partial charge < -0.3 is 15.3 Å². The summed E-state index contributed by atoms with van der Waals surface area (Å²) in [6.07, 6.45) is 1.85. The van der Waals surface area contributed by atoms with Crippen molar-refractivity contribution in [1.29, 1.82) is 0 Å². The van der Waals surface area contributed by atoms with Crippen LogP contribution in [0.4, 0.5) is 5.69 Å². The zero-order chi connectivity index (χ0) is 16.1. The van der Waals surface area contributed by atoms with Crippen molar-refractivity contribution in [2.75, 3.05) is 11.4 Å². The average Bonchev–Trinajstić information content (AvgIpc) is 2.91. The van der Waals surface area contributed by atoms with Crippen molar-refractivity contribution >= 4 is 23.5 Å². The normalized spacial score (nSPS) is 15.7. The van der Waals surface area contributed by atoms with E-state index in [0.717, 1.165) is 18.7 Å². The third kappa shape index (κ3) is 4.07. The molecule has 2 rings (SSSR count). The largest absolute Gasteiger partial charge is 0.481 e. The van der Waals surface area contributed by atoms with Crippen LogP contribution in [0.15, 0.2) is 24.3 Å². The maximum Gasteiger partial charge on any atom is 0.303 e. The minimum atomic E-state index is -0.874. The Balaban J connectivity index is 1.93. The van der Waals surface area contributed by atoms with E-state index in [2.05, 4.69) is 5.32 Å². The van der Waals surface area contributed by atoms with Crippen LogP contribution in [0, 0.1) is 0 Å². The second kappa shape index (κ2) is 7.06. The van der Waals surface area contributed by atoms with Gasteiger partial charge >= 0.3 is 5.97 Å². The number of hydrogen-bond donors (Lipinski definition) is 2. The highest BCUT2D eigenvalue weighted by Gasteiger charge is 2.21. The first-order valence-electron chi connectivity index (χ1n) is 7.40. The highest BCUT2D eigenvalue weighted by atomic mass is 16.4. The lowest BCUT2D eigenvalue weighted by Crippen LogP contribution is -2.33. The Morgan fingerprint density at radius 3 is 2.55 bits per heavy atom. The summed E-state index contributed by atoms with van der Waals surface area (Å²) >= 11 is 0. The molecule has 1 atom stereocenters. The molecule has 0 aromatic heterocycles. The second-order valence-corrected chi connectivity index (χ2v) is 5.50. The number of carboxylic acid groups (broad SMARTS) is 1. The van der Waals surface area contributed by atoms with Crippen LogP contribution in [0.2, 0.25) is 0 Å². The summed E-state index contributed by atoms with van der Waals surface area (Å²) in [5.41, 5.74) is 1.30. The number of benzene rings is 1. The van der Waals surface area contributed by atoms with Gasteiger partial charge in [0.1, 0.15) is 0 Å². The van der Waals surface area contributed by atoms with Gasteiger partial charge in [0.2, 0.25) is 5.91 Å². The highest BCUT2D eigenvalue weighted by Crippen LogP contribution is 2.21. The Kier molecular flexibility index (Phi) is 5.14. The van der Waals surface area contributed by atoms with Gasteiger partial charge in [-0.05, 0) is 44.0 Å². The molecule has 1 heterocycles. The molecule has 0 bridgehead atoms. The number of nitrogens with zero attached hydrogens (tertiary/aromatic N) is 1. The quantitative estimate of drug-likeness (QED) is 0.839. The first-order valence-corrected chi connectivity index (χ1v) is 7.40. The third-order valence-electron chi connectivity index (χ3n) is 3.68. The molecule has 0 spiro atoms. The zero-order valence-electron chi connectivity index (χ0n) is 12.5. The Morgan fingerprint density at radius 2 is 2.00 bits per heavy atom. The number of carbonyl (C=O) groups is 3. The molecule has 2 N–H and O–H groups in total. The fourth-order valence-corrected chi connectivity index (χ4v) is 2.43. The van der Waals surface area contributed by atoms with E-state index in [1.807, 2.05) is 0 Å². The van der Waals surface area contributed by atoms with Crippen LogP contribution in [0.1, 0.15) is 43.0 Å². The van der Waals surface area contributed by atoms with Gasteiger partial charge in [-0.15, -0.1) is 0 Å². The van der Waals surface area contributed by atoms with E-state index in [-0.39, 0.29) is 24.3 Å². The molecule has 22 heavy (non-hydrogen) atoms. The summed E-state index contributed by atoms with van der Waals surface area (Å²) in [5, 5.41) is 11.4. The SMILES string of the molecule is CC(CCC(=O)O)NC(=O)c1ccc(N2CCCC2=O)cc1. The van der Waals surface area contributed by atoms with Gasteiger partial charge in [0.05, 0.1) is 0 Å². The number of anilines is 1. The molecular formula is C16H20N2O4. The minimum absolute atomic E-state index is 0.0253. The molecule has 1 saturated heterocycles. The van der Waals surface area contributed by atoms with Crippen LogP contribution in [-0.4, -0.2) is 35.5 Å². The standard InChI is InChI=1S/C16H20N2O4/c1-11(4-9-15(20)21)17-16(22)12-5-7-13(8-6-12)18-10-2-3-14(18)19/h5-8,11H,2-4,9-10H2,1H3,(H,17,22)(H,20,21). The van der Waals surface area contributed by atoms with Gasteiger partial charge in [0.25, 0.3) is 5.91 Å². The summed E-state index contributed by atoms with van der Waals surface area (Å²) in [7, 11) is 0. The van der Waals surface area contributed by atoms with Crippen molar-refractivity contribution in [3.05, 3.63) is 29.8 Å². The van der Waals surface area contributed by atoms with Gasteiger partial charge in [-0.3, -0.25) is 14.4 Å². The molecule has 1 aliphatic heterocycles. The van der Waals surface area contributed by atoms with Gasteiger partial charge in [-0.2, -0.15) is 0 Å². The number of hydrogen-bond acceptors (Lipinski definition) is 3. The lowest BCUT2D eigenvalue weighted by Gasteiger charge is -2.16. The number of carbonyl (C=O) groups excluding carboxylic acids is 2. The van der Waals surface area contributed by atoms with Gasteiger partial charge in [0, 0.05) is 36.7 Å². The maximum absolute atomic E-state index is 12.1. The van der Waals surface area contributed by atoms with E-state index in [1.54, 1.807) is 36.1 Å². The molecule has 1 fully saturated rings. The smallest absolute Gasteiger partial charge is 0.303 e. The summed E-state index contributed by atoms with van der Waals surface area (Å²) in [6.45, 7) is 2.49. The van der Waals surface area contributed by atoms with Crippen LogP contribution in [0.3, 0.4) is 0 Å². The van der Waals surface area contributed by atoms with Crippen LogP contribution >= 0.6 is 0 Å². The minimum Gasteiger partial charge on any atom is -0.481 e. The molecule has 1 aromatic rings. The van der Waals surface area contributed by atoms with Crippen LogP contribution in [0.25, 0.3) is 0 Å². The van der Waals surface area contributed by atoms with E-state index in [1.165, 1.54) is 0 Å². The molecule has 6 nitrogen and oxygen atoms in total. The first-order chi connectivity index (χ1) is 10.5. The fraction of sp³-hybridized carbons (Fsp3) is 0.438. The molecule has 6 heteroatoms. The van der Waals surface area contributed by atoms with Crippen LogP contribution in [-0.2, 0) is 9.59 Å². The summed E-state index contributed by atoms with van der Waals surface area (Å²) in [6, 6.07) is 6.68. The maximum atomic E-state index is 12.1. The predicted octanol–water partition coefficient (Wildman–Crippen LogP) is 1.80. The second-order valence-electron chi connectivity index (χ2n) is 5.50. The summed E-state index contributed by atoms with van der Waals surface area (Å²) in [5.74, 6) is -1.00. The van der Waals surface area contributed by atoms with Crippen molar-refractivity contribution in [3.8, 4) is 0 Å². The average molecular weight is 304 g/mol. The lowest BCUT2D eigenvalue weighted by molar-refractivity contribution is -0.137. The van der Waals surface area contributed by atoms with Crippen LogP contribution in [0.5, 0.6) is 0 Å². The molecular weight excluding hydrogens is 284 g/mol. The van der Waals surface area contributed by atoms with Crippen molar-refractivity contribution in [3.63, 3.8) is 0 Å². The Morgan fingerprint density at radius 1 is 1.32 bits per heavy atom. The number of amides is 2. The van der Waals surface area contributed by atoms with Crippen molar-refractivity contribution in [1.82, 2.24) is 5.32 Å². The fourth-order valence-electron chi connectivity index (χ4n) is 2.43. The molecule has 0 saturated carbocycles. The Labute approximate surface area is 129 Å². The third-order valence-corrected chi connectivity index (χ3v) is 3.68. The topological polar surface area (TPSA) is 86.7 Å². The Hall–Kier alpha value is -2.37. The molecule has 2 amide bonds. The molecule has 0 radical (unpaired) electrons. The van der Waals surface area contributed by atoms with E-state index in [4.69, 9.17) is 5.11 Å². The molecule has 1 aromatic carbocycles. The lowest BCUT2D eigenvalue weighted by atomic mass is 10.1. The Bertz CT molecular complexity index is 568. The van der Waals surface area contributed by atoms with E-state index < -0.39 is 5.97 Å². The van der Waals surface area contributed by atoms with Gasteiger partial charge in [-0.25, -0.2) is 0 Å². The van der Waals surface area contributed by atoms with Crippen molar-refractivity contribution in [2.45, 2.75) is 38.6 Å². The van der Waals surface area contributed by atoms with E-state index in [0.29, 0.717) is 18.4 Å². The number of rotatable bonds is 6. The molecule has 1 aliphatic rings. The van der Waals surface area contributed by atoms with Crippen molar-refractivity contribution < 1.29 is 19.5 Å². The zero-order valence-corrected chi connectivity index (χ0v) is 12.5. The number of aliphatic carboxylic acids is 1. The van der Waals surface area contributed by atoms with E-state index in [9.17, 15) is 14.4 Å². The number of carboxylic acids is 1. The summed E-state index contributed by atoms with van der Waals surface area (Å²) in [4.78, 5) is 35.9. The van der Waals surface area contributed by atoms with Gasteiger partial charge in [0.15, 0.2) is 0 Å². The number of nitrogens with one attached hydrogen (secondary N) is 1.